The largest absolute Gasteiger partial charge is 0.341 e. The topological polar surface area (TPSA) is 54.0 Å². The molecular weight excluding hydrogens is 254 g/mol. The molecule has 0 saturated carbocycles. The van der Waals surface area contributed by atoms with Crippen LogP contribution in [0.4, 0.5) is 4.79 Å². The normalized spacial score (nSPS) is 10.0. The van der Waals surface area contributed by atoms with Gasteiger partial charge in [-0.1, -0.05) is 6.07 Å². The van der Waals surface area contributed by atoms with Gasteiger partial charge in [0.05, 0.1) is 5.69 Å². The molecule has 1 rings (SSSR count). The van der Waals surface area contributed by atoms with Crippen LogP contribution in [-0.4, -0.2) is 29.6 Å². The molecule has 2 N–H and O–H groups in total. The Morgan fingerprint density at radius 1 is 1.47 bits per heavy atom. The van der Waals surface area contributed by atoms with Gasteiger partial charge in [-0.3, -0.25) is 9.71 Å². The average Bonchev–Trinajstić information content (AvgIpc) is 2.35. The van der Waals surface area contributed by atoms with Crippen molar-refractivity contribution in [3.63, 3.8) is 0 Å². The summed E-state index contributed by atoms with van der Waals surface area (Å²) in [5.41, 5.74) is 2.37. The van der Waals surface area contributed by atoms with Crippen LogP contribution in [0.2, 0.25) is 0 Å². The summed E-state index contributed by atoms with van der Waals surface area (Å²) >= 11 is 3.25. The number of nitrogens with zero attached hydrogens (tertiary/aromatic N) is 1. The van der Waals surface area contributed by atoms with E-state index in [1.807, 2.05) is 24.0 Å². The molecule has 0 bridgehead atoms. The lowest BCUT2D eigenvalue weighted by Gasteiger charge is -2.05. The van der Waals surface area contributed by atoms with Crippen molar-refractivity contribution in [2.24, 2.45) is 0 Å². The average molecular weight is 271 g/mol. The van der Waals surface area contributed by atoms with Gasteiger partial charge in [0.15, 0.2) is 0 Å². The molecule has 2 amide bonds. The first-order valence-corrected chi connectivity index (χ1v) is 7.46. The minimum atomic E-state index is -0.152. The van der Waals surface area contributed by atoms with E-state index in [-0.39, 0.29) is 6.03 Å². The summed E-state index contributed by atoms with van der Waals surface area (Å²) in [5, 5.41) is 2.50. The fraction of sp³-hybridized carbons (Fsp3) is 0.455. The molecule has 1 heterocycles. The number of rotatable bonds is 6. The monoisotopic (exact) mass is 271 g/mol. The minimum Gasteiger partial charge on any atom is -0.341 e. The number of thioether (sulfide) groups is 1. The number of carbonyl (C=O) groups excluding carboxylic acids is 1. The van der Waals surface area contributed by atoms with E-state index in [4.69, 9.17) is 0 Å². The van der Waals surface area contributed by atoms with Crippen LogP contribution in [0.1, 0.15) is 11.3 Å². The Morgan fingerprint density at radius 3 is 3.00 bits per heavy atom. The van der Waals surface area contributed by atoms with Crippen LogP contribution < -0.4 is 10.0 Å². The molecule has 1 aromatic heterocycles. The maximum atomic E-state index is 10.9. The minimum absolute atomic E-state index is 0.152. The second-order valence-corrected chi connectivity index (χ2v) is 5.36. The number of hydrogen-bond donors (Lipinski definition) is 2. The quantitative estimate of drug-likeness (QED) is 0.615. The Morgan fingerprint density at radius 2 is 2.29 bits per heavy atom. The van der Waals surface area contributed by atoms with Crippen LogP contribution in [0.15, 0.2) is 18.3 Å². The summed E-state index contributed by atoms with van der Waals surface area (Å²) in [6.45, 7) is 2.07. The Labute approximate surface area is 110 Å². The van der Waals surface area contributed by atoms with E-state index in [1.165, 1.54) is 17.5 Å². The highest BCUT2D eigenvalue weighted by atomic mass is 32.2. The predicted octanol–water partition coefficient (Wildman–Crippen LogP) is 2.20. The number of nitrogens with one attached hydrogen (secondary N) is 2. The number of carbonyl (C=O) groups is 1. The third-order valence-electron chi connectivity index (χ3n) is 2.08. The number of hydrogen-bond acceptors (Lipinski definition) is 4. The SMILES string of the molecule is CNC(=O)NSCCSCc1ncccc1C. The fourth-order valence-corrected chi connectivity index (χ4v) is 2.89. The maximum absolute atomic E-state index is 10.9. The second-order valence-electron chi connectivity index (χ2n) is 3.35. The Kier molecular flexibility index (Phi) is 6.88. The Hall–Kier alpha value is -0.880. The van der Waals surface area contributed by atoms with Crippen molar-refractivity contribution >= 4 is 29.7 Å². The highest BCUT2D eigenvalue weighted by Crippen LogP contribution is 2.14. The van der Waals surface area contributed by atoms with Gasteiger partial charge in [-0.25, -0.2) is 4.79 Å². The van der Waals surface area contributed by atoms with Gasteiger partial charge in [0.1, 0.15) is 0 Å². The fourth-order valence-electron chi connectivity index (χ4n) is 1.11. The van der Waals surface area contributed by atoms with Gasteiger partial charge in [0.25, 0.3) is 0 Å². The van der Waals surface area contributed by atoms with Crippen molar-refractivity contribution in [1.82, 2.24) is 15.0 Å². The maximum Gasteiger partial charge on any atom is 0.324 e. The van der Waals surface area contributed by atoms with Crippen LogP contribution in [0.5, 0.6) is 0 Å². The molecule has 0 atom stereocenters. The van der Waals surface area contributed by atoms with E-state index in [0.717, 1.165) is 23.0 Å². The first kappa shape index (κ1) is 14.2. The van der Waals surface area contributed by atoms with Crippen molar-refractivity contribution in [1.29, 1.82) is 0 Å². The third kappa shape index (κ3) is 5.83. The summed E-state index contributed by atoms with van der Waals surface area (Å²) in [5.74, 6) is 2.81. The van der Waals surface area contributed by atoms with E-state index in [9.17, 15) is 4.79 Å². The number of aromatic nitrogens is 1. The number of amides is 2. The molecular formula is C11H17N3OS2. The zero-order valence-corrected chi connectivity index (χ0v) is 11.7. The highest BCUT2D eigenvalue weighted by molar-refractivity contribution is 8.01. The zero-order chi connectivity index (χ0) is 12.5. The van der Waals surface area contributed by atoms with Crippen molar-refractivity contribution in [2.75, 3.05) is 18.6 Å². The first-order chi connectivity index (χ1) is 8.24. The molecule has 0 unspecified atom stereocenters. The van der Waals surface area contributed by atoms with Crippen molar-refractivity contribution in [3.05, 3.63) is 29.6 Å². The second kappa shape index (κ2) is 8.25. The Balaban J connectivity index is 2.09. The van der Waals surface area contributed by atoms with Crippen LogP contribution in [0.3, 0.4) is 0 Å². The summed E-state index contributed by atoms with van der Waals surface area (Å²) in [4.78, 5) is 15.2. The smallest absolute Gasteiger partial charge is 0.324 e. The number of pyridine rings is 1. The van der Waals surface area contributed by atoms with Gasteiger partial charge in [-0.15, -0.1) is 0 Å². The molecule has 0 aliphatic rings. The summed E-state index contributed by atoms with van der Waals surface area (Å²) < 4.78 is 2.68. The predicted molar refractivity (Wildman–Crippen MR) is 75.2 cm³/mol. The molecule has 94 valence electrons. The molecule has 0 aromatic carbocycles. The van der Waals surface area contributed by atoms with Gasteiger partial charge >= 0.3 is 6.03 Å². The first-order valence-electron chi connectivity index (χ1n) is 5.31. The third-order valence-corrected chi connectivity index (χ3v) is 4.05. The molecule has 0 spiro atoms. The Bertz CT molecular complexity index is 360. The number of urea groups is 1. The summed E-state index contributed by atoms with van der Waals surface area (Å²) in [7, 11) is 1.61. The molecule has 1 aromatic rings. The lowest BCUT2D eigenvalue weighted by Crippen LogP contribution is -2.27. The van der Waals surface area contributed by atoms with Crippen LogP contribution in [0.25, 0.3) is 0 Å². The molecule has 0 radical (unpaired) electrons. The van der Waals surface area contributed by atoms with Gasteiger partial charge in [0.2, 0.25) is 0 Å². The van der Waals surface area contributed by atoms with Crippen LogP contribution in [-0.2, 0) is 5.75 Å². The van der Waals surface area contributed by atoms with E-state index < -0.39 is 0 Å². The van der Waals surface area contributed by atoms with E-state index in [2.05, 4.69) is 28.0 Å². The molecule has 4 nitrogen and oxygen atoms in total. The molecule has 6 heteroatoms. The zero-order valence-electron chi connectivity index (χ0n) is 10.0. The summed E-state index contributed by atoms with van der Waals surface area (Å²) in [6.07, 6.45) is 1.82. The molecule has 17 heavy (non-hydrogen) atoms. The molecule has 0 aliphatic heterocycles. The van der Waals surface area contributed by atoms with E-state index in [1.54, 1.807) is 7.05 Å². The van der Waals surface area contributed by atoms with Crippen LogP contribution >= 0.6 is 23.7 Å². The van der Waals surface area contributed by atoms with Crippen molar-refractivity contribution < 1.29 is 4.79 Å². The standard InChI is InChI=1S/C11H17N3OS2/c1-9-4-3-5-13-10(9)8-16-6-7-17-14-11(15)12-2/h3-5H,6-8H2,1-2H3,(H2,12,14,15). The summed E-state index contributed by atoms with van der Waals surface area (Å²) in [6, 6.07) is 3.87. The lowest BCUT2D eigenvalue weighted by atomic mass is 10.2. The highest BCUT2D eigenvalue weighted by Gasteiger charge is 1.99. The molecule has 0 saturated heterocycles. The molecule has 0 aliphatic carbocycles. The van der Waals surface area contributed by atoms with Crippen LogP contribution in [0, 0.1) is 6.92 Å². The lowest BCUT2D eigenvalue weighted by molar-refractivity contribution is 0.248. The van der Waals surface area contributed by atoms with E-state index >= 15 is 0 Å². The van der Waals surface area contributed by atoms with Gasteiger partial charge < -0.3 is 5.32 Å². The number of aryl methyl sites for hydroxylation is 1. The molecule has 0 fully saturated rings. The van der Waals surface area contributed by atoms with Gasteiger partial charge in [0, 0.05) is 30.5 Å². The van der Waals surface area contributed by atoms with Gasteiger partial charge in [-0.2, -0.15) is 11.8 Å². The van der Waals surface area contributed by atoms with E-state index in [0.29, 0.717) is 0 Å². The van der Waals surface area contributed by atoms with Gasteiger partial charge in [-0.05, 0) is 30.5 Å². The van der Waals surface area contributed by atoms with Crippen molar-refractivity contribution in [2.45, 2.75) is 12.7 Å². The van der Waals surface area contributed by atoms with Crippen molar-refractivity contribution in [3.8, 4) is 0 Å².